The quantitative estimate of drug-likeness (QED) is 0.800. The van der Waals surface area contributed by atoms with Crippen LogP contribution in [0.4, 0.5) is 0 Å². The van der Waals surface area contributed by atoms with Gasteiger partial charge in [0.15, 0.2) is 0 Å². The van der Waals surface area contributed by atoms with Crippen LogP contribution in [0.25, 0.3) is 0 Å². The zero-order valence-corrected chi connectivity index (χ0v) is 15.7. The van der Waals surface area contributed by atoms with Crippen molar-refractivity contribution in [3.8, 4) is 0 Å². The lowest BCUT2D eigenvalue weighted by molar-refractivity contribution is -0.139. The number of rotatable bonds is 3. The number of amides is 1. The molecule has 4 heterocycles. The Morgan fingerprint density at radius 1 is 1.23 bits per heavy atom. The van der Waals surface area contributed by atoms with Crippen LogP contribution in [0.3, 0.4) is 0 Å². The second-order valence-corrected chi connectivity index (χ2v) is 8.11. The topological polar surface area (TPSA) is 59.8 Å². The van der Waals surface area contributed by atoms with Gasteiger partial charge in [0.1, 0.15) is 5.82 Å². The van der Waals surface area contributed by atoms with Crippen LogP contribution in [0.5, 0.6) is 0 Å². The molecule has 1 amide bonds. The standard InChI is InChI=1S/C19H30N4O3/c1-21-7-5-20-17(21)12-22-6-4-19(13-22)14-23(8-11-26-15-19)18(24)16-2-9-25-10-3-16/h5,7,16H,2-4,6,8-15H2,1H3. The normalized spacial score (nSPS) is 28.6. The van der Waals surface area contributed by atoms with Crippen molar-refractivity contribution in [3.63, 3.8) is 0 Å². The van der Waals surface area contributed by atoms with Gasteiger partial charge in [0.2, 0.25) is 5.91 Å². The number of ether oxygens (including phenoxy) is 2. The van der Waals surface area contributed by atoms with Crippen molar-refractivity contribution in [2.45, 2.75) is 25.8 Å². The monoisotopic (exact) mass is 362 g/mol. The number of imidazole rings is 1. The minimum absolute atomic E-state index is 0.0580. The van der Waals surface area contributed by atoms with Gasteiger partial charge in [-0.05, 0) is 25.8 Å². The molecule has 4 rings (SSSR count). The van der Waals surface area contributed by atoms with Gasteiger partial charge in [0, 0.05) is 63.6 Å². The fourth-order valence-corrected chi connectivity index (χ4v) is 4.54. The lowest BCUT2D eigenvalue weighted by atomic mass is 9.87. The fourth-order valence-electron chi connectivity index (χ4n) is 4.54. The van der Waals surface area contributed by atoms with Gasteiger partial charge in [-0.15, -0.1) is 0 Å². The maximum absolute atomic E-state index is 13.0. The van der Waals surface area contributed by atoms with E-state index in [1.165, 1.54) is 0 Å². The third-order valence-corrected chi connectivity index (χ3v) is 6.13. The Hall–Kier alpha value is -1.44. The summed E-state index contributed by atoms with van der Waals surface area (Å²) in [4.78, 5) is 22.0. The molecule has 3 fully saturated rings. The third kappa shape index (κ3) is 3.80. The number of aromatic nitrogens is 2. The lowest BCUT2D eigenvalue weighted by Crippen LogP contribution is -2.46. The van der Waals surface area contributed by atoms with E-state index in [0.717, 1.165) is 64.4 Å². The molecular weight excluding hydrogens is 332 g/mol. The molecule has 7 heteroatoms. The maximum atomic E-state index is 13.0. The van der Waals surface area contributed by atoms with Crippen molar-refractivity contribution in [2.75, 3.05) is 52.6 Å². The number of likely N-dealkylation sites (tertiary alicyclic amines) is 1. The second kappa shape index (κ2) is 7.66. The summed E-state index contributed by atoms with van der Waals surface area (Å²) in [6.45, 7) is 7.23. The number of carbonyl (C=O) groups excluding carboxylic acids is 1. The van der Waals surface area contributed by atoms with Crippen LogP contribution in [-0.2, 0) is 27.9 Å². The number of nitrogens with zero attached hydrogens (tertiary/aromatic N) is 4. The van der Waals surface area contributed by atoms with E-state index in [-0.39, 0.29) is 11.3 Å². The van der Waals surface area contributed by atoms with Crippen LogP contribution in [0.1, 0.15) is 25.1 Å². The molecule has 1 aromatic heterocycles. The number of aryl methyl sites for hydroxylation is 1. The van der Waals surface area contributed by atoms with E-state index in [2.05, 4.69) is 19.4 Å². The summed E-state index contributed by atoms with van der Waals surface area (Å²) in [5, 5.41) is 0. The van der Waals surface area contributed by atoms with Crippen LogP contribution in [-0.4, -0.2) is 77.9 Å². The predicted molar refractivity (Wildman–Crippen MR) is 96.5 cm³/mol. The highest BCUT2D eigenvalue weighted by Crippen LogP contribution is 2.35. The van der Waals surface area contributed by atoms with E-state index in [1.54, 1.807) is 0 Å². The molecule has 26 heavy (non-hydrogen) atoms. The van der Waals surface area contributed by atoms with Crippen molar-refractivity contribution in [1.82, 2.24) is 19.4 Å². The minimum Gasteiger partial charge on any atom is -0.381 e. The third-order valence-electron chi connectivity index (χ3n) is 6.13. The highest BCUT2D eigenvalue weighted by Gasteiger charge is 2.43. The minimum atomic E-state index is 0.0580. The van der Waals surface area contributed by atoms with Crippen LogP contribution in [0.15, 0.2) is 12.4 Å². The first-order chi connectivity index (χ1) is 12.7. The Balaban J connectivity index is 1.40. The molecule has 0 saturated carbocycles. The zero-order valence-electron chi connectivity index (χ0n) is 15.7. The van der Waals surface area contributed by atoms with Crippen molar-refractivity contribution in [2.24, 2.45) is 18.4 Å². The predicted octanol–water partition coefficient (Wildman–Crippen LogP) is 0.898. The molecule has 0 aromatic carbocycles. The summed E-state index contributed by atoms with van der Waals surface area (Å²) in [5.74, 6) is 1.52. The van der Waals surface area contributed by atoms with Gasteiger partial charge in [-0.3, -0.25) is 9.69 Å². The van der Waals surface area contributed by atoms with Crippen LogP contribution in [0, 0.1) is 11.3 Å². The number of hydrogen-bond acceptors (Lipinski definition) is 5. The Bertz CT molecular complexity index is 628. The van der Waals surface area contributed by atoms with E-state index in [1.807, 2.05) is 19.4 Å². The van der Waals surface area contributed by atoms with Crippen LogP contribution >= 0.6 is 0 Å². The van der Waals surface area contributed by atoms with Crippen molar-refractivity contribution in [1.29, 1.82) is 0 Å². The summed E-state index contributed by atoms with van der Waals surface area (Å²) in [6.07, 6.45) is 6.63. The molecule has 3 aliphatic rings. The highest BCUT2D eigenvalue weighted by molar-refractivity contribution is 5.79. The summed E-state index contributed by atoms with van der Waals surface area (Å²) in [5.41, 5.74) is 0.0580. The molecule has 1 atom stereocenters. The Labute approximate surface area is 155 Å². The van der Waals surface area contributed by atoms with Gasteiger partial charge in [-0.25, -0.2) is 4.98 Å². The molecule has 1 unspecified atom stereocenters. The second-order valence-electron chi connectivity index (χ2n) is 8.11. The Kier molecular flexibility index (Phi) is 5.29. The molecule has 3 aliphatic heterocycles. The number of hydrogen-bond donors (Lipinski definition) is 0. The van der Waals surface area contributed by atoms with E-state index in [0.29, 0.717) is 25.7 Å². The summed E-state index contributed by atoms with van der Waals surface area (Å²) >= 11 is 0. The first-order valence-electron chi connectivity index (χ1n) is 9.78. The van der Waals surface area contributed by atoms with Crippen molar-refractivity contribution < 1.29 is 14.3 Å². The van der Waals surface area contributed by atoms with Gasteiger partial charge in [0.05, 0.1) is 19.8 Å². The van der Waals surface area contributed by atoms with Gasteiger partial charge in [-0.1, -0.05) is 0 Å². The van der Waals surface area contributed by atoms with Gasteiger partial charge in [0.25, 0.3) is 0 Å². The summed E-state index contributed by atoms with van der Waals surface area (Å²) in [6, 6.07) is 0. The van der Waals surface area contributed by atoms with E-state index < -0.39 is 0 Å². The Morgan fingerprint density at radius 2 is 2.08 bits per heavy atom. The molecule has 0 N–H and O–H groups in total. The fraction of sp³-hybridized carbons (Fsp3) is 0.789. The summed E-state index contributed by atoms with van der Waals surface area (Å²) < 4.78 is 13.4. The molecule has 0 aliphatic carbocycles. The van der Waals surface area contributed by atoms with Gasteiger partial charge in [-0.2, -0.15) is 0 Å². The van der Waals surface area contributed by atoms with Crippen LogP contribution in [0.2, 0.25) is 0 Å². The first-order valence-corrected chi connectivity index (χ1v) is 9.78. The average Bonchev–Trinajstić information content (AvgIpc) is 3.17. The first kappa shape index (κ1) is 17.9. The zero-order chi connectivity index (χ0) is 18.0. The molecule has 3 saturated heterocycles. The SMILES string of the molecule is Cn1ccnc1CN1CCC2(COCCN(C(=O)C3CCOCC3)C2)C1. The average molecular weight is 362 g/mol. The lowest BCUT2D eigenvalue weighted by Gasteiger charge is -2.34. The molecule has 0 bridgehead atoms. The Morgan fingerprint density at radius 3 is 2.85 bits per heavy atom. The highest BCUT2D eigenvalue weighted by atomic mass is 16.5. The summed E-state index contributed by atoms with van der Waals surface area (Å²) in [7, 11) is 2.04. The van der Waals surface area contributed by atoms with E-state index >= 15 is 0 Å². The molecule has 1 aromatic rings. The maximum Gasteiger partial charge on any atom is 0.225 e. The van der Waals surface area contributed by atoms with E-state index in [9.17, 15) is 4.79 Å². The molecule has 0 radical (unpaired) electrons. The molecule has 144 valence electrons. The largest absolute Gasteiger partial charge is 0.381 e. The van der Waals surface area contributed by atoms with Gasteiger partial charge < -0.3 is 18.9 Å². The van der Waals surface area contributed by atoms with Gasteiger partial charge >= 0.3 is 0 Å². The van der Waals surface area contributed by atoms with E-state index in [4.69, 9.17) is 9.47 Å². The smallest absolute Gasteiger partial charge is 0.225 e. The molecular formula is C19H30N4O3. The number of carbonyl (C=O) groups is 1. The van der Waals surface area contributed by atoms with Crippen LogP contribution < -0.4 is 0 Å². The molecule has 1 spiro atoms. The van der Waals surface area contributed by atoms with Crippen molar-refractivity contribution >= 4 is 5.91 Å². The van der Waals surface area contributed by atoms with Crippen molar-refractivity contribution in [3.05, 3.63) is 18.2 Å². The molecule has 7 nitrogen and oxygen atoms in total.